The Balaban J connectivity index is 2.16. The van der Waals surface area contributed by atoms with Crippen molar-refractivity contribution in [3.8, 4) is 0 Å². The van der Waals surface area contributed by atoms with Gasteiger partial charge in [-0.25, -0.2) is 0 Å². The summed E-state index contributed by atoms with van der Waals surface area (Å²) in [6.45, 7) is 1.36. The van der Waals surface area contributed by atoms with Crippen LogP contribution in [0.2, 0.25) is 0 Å². The first-order valence-electron chi connectivity index (χ1n) is 6.03. The highest BCUT2D eigenvalue weighted by molar-refractivity contribution is 7.21. The van der Waals surface area contributed by atoms with E-state index in [0.717, 1.165) is 38.2 Å². The number of hydrogen-bond donors (Lipinski definition) is 2. The molecule has 0 atom stereocenters. The molecule has 1 aromatic carbocycles. The topological polar surface area (TPSA) is 66.9 Å². The normalized spacial score (nSPS) is 14.8. The minimum absolute atomic E-state index is 0.0155. The molecule has 0 spiro atoms. The van der Waals surface area contributed by atoms with E-state index in [4.69, 9.17) is 0 Å². The summed E-state index contributed by atoms with van der Waals surface area (Å²) >= 11 is 1.49. The van der Waals surface area contributed by atoms with Gasteiger partial charge in [-0.15, -0.1) is 11.3 Å². The van der Waals surface area contributed by atoms with Crippen molar-refractivity contribution in [3.05, 3.63) is 29.4 Å². The van der Waals surface area contributed by atoms with Crippen LogP contribution in [0.25, 0.3) is 21.1 Å². The van der Waals surface area contributed by atoms with Crippen LogP contribution in [-0.2, 0) is 0 Å². The Bertz CT molecular complexity index is 811. The molecule has 0 fully saturated rings. The summed E-state index contributed by atoms with van der Waals surface area (Å²) in [6, 6.07) is 3.94. The maximum Gasteiger partial charge on any atom is 0.263 e. The molecule has 0 unspecified atom stereocenters. The van der Waals surface area contributed by atoms with Gasteiger partial charge in [-0.2, -0.15) is 0 Å². The Hall–Kier alpha value is -2.21. The van der Waals surface area contributed by atoms with Gasteiger partial charge in [0.15, 0.2) is 0 Å². The highest BCUT2D eigenvalue weighted by Gasteiger charge is 2.22. The number of nitrogens with one attached hydrogen (secondary N) is 2. The van der Waals surface area contributed by atoms with E-state index in [0.29, 0.717) is 6.54 Å². The molecule has 4 rings (SSSR count). The van der Waals surface area contributed by atoms with Crippen molar-refractivity contribution in [1.29, 1.82) is 0 Å². The van der Waals surface area contributed by atoms with Gasteiger partial charge in [0.2, 0.25) is 0 Å². The summed E-state index contributed by atoms with van der Waals surface area (Å²) in [4.78, 5) is 21.5. The number of hydrogen-bond acceptors (Lipinski definition) is 5. The average Bonchev–Trinajstić information content (AvgIpc) is 2.73. The van der Waals surface area contributed by atoms with Gasteiger partial charge in [0.05, 0.1) is 16.7 Å². The Morgan fingerprint density at radius 1 is 1.11 bits per heavy atom. The van der Waals surface area contributed by atoms with Crippen molar-refractivity contribution < 1.29 is 4.79 Å². The summed E-state index contributed by atoms with van der Waals surface area (Å²) in [6.07, 6.45) is 3.36. The first-order valence-corrected chi connectivity index (χ1v) is 6.84. The summed E-state index contributed by atoms with van der Waals surface area (Å²) < 4.78 is 1.06. The molecule has 1 aliphatic rings. The number of rotatable bonds is 0. The summed E-state index contributed by atoms with van der Waals surface area (Å²) in [5.74, 6) is -0.0155. The first kappa shape index (κ1) is 10.7. The lowest BCUT2D eigenvalue weighted by Gasteiger charge is -2.03. The van der Waals surface area contributed by atoms with Crippen LogP contribution < -0.4 is 10.6 Å². The molecule has 0 aliphatic carbocycles. The van der Waals surface area contributed by atoms with Crippen LogP contribution >= 0.6 is 11.3 Å². The fourth-order valence-electron chi connectivity index (χ4n) is 2.39. The molecule has 0 radical (unpaired) electrons. The van der Waals surface area contributed by atoms with Gasteiger partial charge in [-0.1, -0.05) is 0 Å². The van der Waals surface area contributed by atoms with Crippen molar-refractivity contribution in [1.82, 2.24) is 15.3 Å². The third-order valence-electron chi connectivity index (χ3n) is 3.21. The Labute approximate surface area is 112 Å². The van der Waals surface area contributed by atoms with E-state index in [1.165, 1.54) is 11.3 Å². The predicted molar refractivity (Wildman–Crippen MR) is 75.7 cm³/mol. The van der Waals surface area contributed by atoms with Gasteiger partial charge in [0, 0.05) is 35.6 Å². The molecule has 94 valence electrons. The maximum atomic E-state index is 12.0. The Morgan fingerprint density at radius 2 is 1.95 bits per heavy atom. The first-order chi connectivity index (χ1) is 9.34. The Morgan fingerprint density at radius 3 is 2.89 bits per heavy atom. The summed E-state index contributed by atoms with van der Waals surface area (Å²) in [5, 5.41) is 7.22. The molecule has 6 heteroatoms. The fraction of sp³-hybridized carbons (Fsp3) is 0.154. The zero-order valence-corrected chi connectivity index (χ0v) is 10.8. The Kier molecular flexibility index (Phi) is 2.19. The quantitative estimate of drug-likeness (QED) is 0.655. The standard InChI is InChI=1S/C13H10N4OS/c18-13-12-11(16-5-6-17-13)9-8(19-12)2-1-7-10(9)15-4-3-14-7/h1-4,16H,5-6H2,(H,17,18). The minimum Gasteiger partial charge on any atom is -0.381 e. The average molecular weight is 270 g/mol. The maximum absolute atomic E-state index is 12.0. The molecule has 0 saturated heterocycles. The van der Waals surface area contributed by atoms with Crippen molar-refractivity contribution in [2.45, 2.75) is 0 Å². The van der Waals surface area contributed by atoms with Crippen molar-refractivity contribution >= 4 is 44.1 Å². The highest BCUT2D eigenvalue weighted by Crippen LogP contribution is 2.39. The van der Waals surface area contributed by atoms with Crippen molar-refractivity contribution in [2.24, 2.45) is 0 Å². The molecular formula is C13H10N4OS. The smallest absolute Gasteiger partial charge is 0.263 e. The SMILES string of the molecule is O=C1NCCNc2c1sc1ccc3nccnc3c21. The number of amides is 1. The van der Waals surface area contributed by atoms with Crippen LogP contribution in [0.1, 0.15) is 9.67 Å². The number of aromatic nitrogens is 2. The van der Waals surface area contributed by atoms with Crippen LogP contribution in [0.3, 0.4) is 0 Å². The predicted octanol–water partition coefficient (Wildman–Crippen LogP) is 2.00. The lowest BCUT2D eigenvalue weighted by Crippen LogP contribution is -2.24. The number of carbonyl (C=O) groups excluding carboxylic acids is 1. The second-order valence-electron chi connectivity index (χ2n) is 4.35. The molecule has 3 aromatic rings. The number of anilines is 1. The van der Waals surface area contributed by atoms with Gasteiger partial charge < -0.3 is 10.6 Å². The van der Waals surface area contributed by atoms with Crippen LogP contribution in [0.5, 0.6) is 0 Å². The second-order valence-corrected chi connectivity index (χ2v) is 5.40. The third kappa shape index (κ3) is 1.50. The minimum atomic E-state index is -0.0155. The fourth-order valence-corrected chi connectivity index (χ4v) is 3.49. The zero-order valence-electron chi connectivity index (χ0n) is 9.93. The van der Waals surface area contributed by atoms with E-state index in [2.05, 4.69) is 20.6 Å². The number of nitrogens with zero attached hydrogens (tertiary/aromatic N) is 2. The highest BCUT2D eigenvalue weighted by atomic mass is 32.1. The van der Waals surface area contributed by atoms with E-state index in [1.807, 2.05) is 12.1 Å². The number of carbonyl (C=O) groups is 1. The summed E-state index contributed by atoms with van der Waals surface area (Å²) in [5.41, 5.74) is 2.59. The molecule has 1 amide bonds. The molecule has 2 aromatic heterocycles. The molecule has 0 bridgehead atoms. The van der Waals surface area contributed by atoms with E-state index < -0.39 is 0 Å². The molecule has 2 N–H and O–H groups in total. The van der Waals surface area contributed by atoms with E-state index in [1.54, 1.807) is 12.4 Å². The molecule has 1 aliphatic heterocycles. The number of thiophene rings is 1. The zero-order chi connectivity index (χ0) is 12.8. The van der Waals surface area contributed by atoms with Crippen LogP contribution in [0, 0.1) is 0 Å². The van der Waals surface area contributed by atoms with Gasteiger partial charge in [-0.3, -0.25) is 14.8 Å². The van der Waals surface area contributed by atoms with Crippen LogP contribution in [-0.4, -0.2) is 29.0 Å². The van der Waals surface area contributed by atoms with Gasteiger partial charge in [-0.05, 0) is 12.1 Å². The van der Waals surface area contributed by atoms with Crippen LogP contribution in [0.4, 0.5) is 5.69 Å². The molecule has 5 nitrogen and oxygen atoms in total. The monoisotopic (exact) mass is 270 g/mol. The summed E-state index contributed by atoms with van der Waals surface area (Å²) in [7, 11) is 0. The van der Waals surface area contributed by atoms with Gasteiger partial charge in [0.1, 0.15) is 4.88 Å². The van der Waals surface area contributed by atoms with Crippen molar-refractivity contribution in [2.75, 3.05) is 18.4 Å². The second kappa shape index (κ2) is 3.89. The lowest BCUT2D eigenvalue weighted by molar-refractivity contribution is 0.0962. The number of benzene rings is 1. The molecule has 3 heterocycles. The largest absolute Gasteiger partial charge is 0.381 e. The van der Waals surface area contributed by atoms with Crippen LogP contribution in [0.15, 0.2) is 24.5 Å². The van der Waals surface area contributed by atoms with Gasteiger partial charge >= 0.3 is 0 Å². The molecule has 19 heavy (non-hydrogen) atoms. The van der Waals surface area contributed by atoms with E-state index >= 15 is 0 Å². The van der Waals surface area contributed by atoms with E-state index in [-0.39, 0.29) is 5.91 Å². The van der Waals surface area contributed by atoms with Crippen molar-refractivity contribution in [3.63, 3.8) is 0 Å². The third-order valence-corrected chi connectivity index (χ3v) is 4.36. The van der Waals surface area contributed by atoms with E-state index in [9.17, 15) is 4.79 Å². The van der Waals surface area contributed by atoms with Gasteiger partial charge in [0.25, 0.3) is 5.91 Å². The molecular weight excluding hydrogens is 260 g/mol. The molecule has 0 saturated carbocycles. The lowest BCUT2D eigenvalue weighted by atomic mass is 10.1. The number of fused-ring (bicyclic) bond motifs is 5.